The van der Waals surface area contributed by atoms with Crippen LogP contribution in [0.5, 0.6) is 0 Å². The van der Waals surface area contributed by atoms with Gasteiger partial charge in [0, 0.05) is 0 Å². The zero-order chi connectivity index (χ0) is 13.1. The van der Waals surface area contributed by atoms with Crippen LogP contribution in [0.2, 0.25) is 0 Å². The van der Waals surface area contributed by atoms with Crippen LogP contribution in [0, 0.1) is 5.41 Å². The minimum absolute atomic E-state index is 0.466. The maximum absolute atomic E-state index is 12.0. The zero-order valence-corrected chi connectivity index (χ0v) is 11.4. The van der Waals surface area contributed by atoms with E-state index in [1.165, 1.54) is 5.57 Å². The van der Waals surface area contributed by atoms with Crippen LogP contribution in [0.3, 0.4) is 0 Å². The Morgan fingerprint density at radius 2 is 1.94 bits per heavy atom. The van der Waals surface area contributed by atoms with Crippen molar-refractivity contribution in [1.82, 2.24) is 0 Å². The molecule has 0 aromatic carbocycles. The molecule has 0 aliphatic heterocycles. The fourth-order valence-corrected chi connectivity index (χ4v) is 2.51. The number of Topliss-reactive ketones (excluding diaryl/α,β-unsaturated/α-hetero) is 1. The van der Waals surface area contributed by atoms with Gasteiger partial charge in [-0.15, -0.1) is 0 Å². The monoisotopic (exact) mass is 254 g/mol. The molecule has 0 spiro atoms. The van der Waals surface area contributed by atoms with E-state index in [1.54, 1.807) is 0 Å². The number of halogens is 1. The smallest absolute Gasteiger partial charge is 0.288 e. The van der Waals surface area contributed by atoms with Gasteiger partial charge >= 0.3 is 0 Å². The molecule has 0 radical (unpaired) electrons. The van der Waals surface area contributed by atoms with Gasteiger partial charge in [0.25, 0.3) is 5.24 Å². The zero-order valence-electron chi connectivity index (χ0n) is 10.7. The Bertz CT molecular complexity index is 393. The molecule has 0 saturated heterocycles. The van der Waals surface area contributed by atoms with Crippen molar-refractivity contribution >= 4 is 22.6 Å². The van der Waals surface area contributed by atoms with Gasteiger partial charge in [-0.2, -0.15) is 0 Å². The molecule has 0 amide bonds. The molecule has 0 N–H and O–H groups in total. The summed E-state index contributed by atoms with van der Waals surface area (Å²) in [6.45, 7) is 6.05. The van der Waals surface area contributed by atoms with Gasteiger partial charge in [-0.1, -0.05) is 44.1 Å². The lowest BCUT2D eigenvalue weighted by Gasteiger charge is -2.31. The maximum Gasteiger partial charge on any atom is 0.289 e. The summed E-state index contributed by atoms with van der Waals surface area (Å²) in [5, 5.41) is -0.851. The molecule has 1 atom stereocenters. The number of allylic oxidation sites excluding steroid dienone is 4. The highest BCUT2D eigenvalue weighted by atomic mass is 35.5. The lowest BCUT2D eigenvalue weighted by molar-refractivity contribution is -0.137. The van der Waals surface area contributed by atoms with Crippen molar-refractivity contribution in [3.05, 3.63) is 23.3 Å². The summed E-state index contributed by atoms with van der Waals surface area (Å²) >= 11 is 5.37. The van der Waals surface area contributed by atoms with Crippen LogP contribution in [0.4, 0.5) is 0 Å². The van der Waals surface area contributed by atoms with E-state index in [0.717, 1.165) is 18.4 Å². The highest BCUT2D eigenvalue weighted by molar-refractivity contribution is 6.81. The first-order valence-electron chi connectivity index (χ1n) is 6.14. The number of carbonyl (C=O) groups excluding carboxylic acids is 2. The van der Waals surface area contributed by atoms with Gasteiger partial charge in [0.2, 0.25) is 5.78 Å². The third-order valence-electron chi connectivity index (χ3n) is 3.52. The summed E-state index contributed by atoms with van der Waals surface area (Å²) in [5.41, 5.74) is 1.64. The molecule has 0 bridgehead atoms. The quantitative estimate of drug-likeness (QED) is 0.553. The summed E-state index contributed by atoms with van der Waals surface area (Å²) in [7, 11) is 0. The van der Waals surface area contributed by atoms with Crippen molar-refractivity contribution in [2.45, 2.75) is 46.5 Å². The van der Waals surface area contributed by atoms with Crippen LogP contribution in [0.1, 0.15) is 46.5 Å². The van der Waals surface area contributed by atoms with Crippen molar-refractivity contribution in [1.29, 1.82) is 0 Å². The second-order valence-corrected chi connectivity index (χ2v) is 4.86. The van der Waals surface area contributed by atoms with Crippen LogP contribution in [-0.4, -0.2) is 11.0 Å². The molecule has 17 heavy (non-hydrogen) atoms. The number of carbonyl (C=O) groups is 2. The number of ketones is 1. The van der Waals surface area contributed by atoms with Crippen LogP contribution in [0.25, 0.3) is 0 Å². The highest BCUT2D eigenvalue weighted by Crippen LogP contribution is 2.40. The first-order chi connectivity index (χ1) is 7.99. The van der Waals surface area contributed by atoms with Crippen molar-refractivity contribution < 1.29 is 9.59 Å². The van der Waals surface area contributed by atoms with Crippen LogP contribution in [-0.2, 0) is 9.59 Å². The van der Waals surface area contributed by atoms with Gasteiger partial charge in [0.15, 0.2) is 0 Å². The number of hydrogen-bond acceptors (Lipinski definition) is 2. The van der Waals surface area contributed by atoms with Crippen LogP contribution < -0.4 is 0 Å². The van der Waals surface area contributed by atoms with E-state index in [4.69, 9.17) is 11.6 Å². The van der Waals surface area contributed by atoms with E-state index < -0.39 is 16.4 Å². The Morgan fingerprint density at radius 1 is 1.29 bits per heavy atom. The second-order valence-electron chi connectivity index (χ2n) is 4.52. The summed E-state index contributed by atoms with van der Waals surface area (Å²) in [6.07, 6.45) is 7.10. The number of hydrogen-bond donors (Lipinski definition) is 0. The predicted octanol–water partition coefficient (Wildman–Crippen LogP) is 3.79. The van der Waals surface area contributed by atoms with Crippen molar-refractivity contribution in [2.24, 2.45) is 5.41 Å². The van der Waals surface area contributed by atoms with E-state index in [2.05, 4.69) is 13.0 Å². The molecule has 0 fully saturated rings. The molecule has 0 heterocycles. The first-order valence-corrected chi connectivity index (χ1v) is 6.52. The number of rotatable bonds is 5. The van der Waals surface area contributed by atoms with Gasteiger partial charge in [0.05, 0.1) is 5.41 Å². The van der Waals surface area contributed by atoms with Crippen molar-refractivity contribution in [2.75, 3.05) is 0 Å². The second kappa shape index (κ2) is 5.63. The molecule has 2 nitrogen and oxygen atoms in total. The lowest BCUT2D eigenvalue weighted by Crippen LogP contribution is -2.34. The normalized spacial score (nSPS) is 24.0. The van der Waals surface area contributed by atoms with E-state index in [0.29, 0.717) is 12.8 Å². The third-order valence-corrected chi connectivity index (χ3v) is 3.69. The summed E-state index contributed by atoms with van der Waals surface area (Å²) < 4.78 is 0. The molecule has 1 aliphatic carbocycles. The summed E-state index contributed by atoms with van der Waals surface area (Å²) in [5.74, 6) is -0.466. The van der Waals surface area contributed by atoms with Gasteiger partial charge in [-0.25, -0.2) is 0 Å². The van der Waals surface area contributed by atoms with Crippen LogP contribution >= 0.6 is 11.6 Å². The van der Waals surface area contributed by atoms with Crippen molar-refractivity contribution in [3.8, 4) is 0 Å². The van der Waals surface area contributed by atoms with E-state index in [9.17, 15) is 9.59 Å². The maximum atomic E-state index is 12.0. The van der Waals surface area contributed by atoms with Crippen LogP contribution in [0.15, 0.2) is 23.3 Å². The standard InChI is InChI=1S/C14H19ClO2/c1-4-10-7-11(5-2)9-14(6-3,8-10)12(16)13(15)17/h7-8H,4-6,9H2,1-3H3. The predicted molar refractivity (Wildman–Crippen MR) is 70.0 cm³/mol. The molecular weight excluding hydrogens is 236 g/mol. The fourth-order valence-electron chi connectivity index (χ4n) is 2.33. The SMILES string of the molecule is CCC1=CC(CC)(C(=O)C(=O)Cl)CC(CC)=C1. The molecule has 3 heteroatoms. The Balaban J connectivity index is 3.18. The average molecular weight is 255 g/mol. The summed E-state index contributed by atoms with van der Waals surface area (Å²) in [4.78, 5) is 23.2. The molecule has 1 unspecified atom stereocenters. The Hall–Kier alpha value is -0.890. The molecule has 0 saturated carbocycles. The molecule has 0 aromatic heterocycles. The molecular formula is C14H19ClO2. The highest BCUT2D eigenvalue weighted by Gasteiger charge is 2.39. The van der Waals surface area contributed by atoms with Gasteiger partial charge < -0.3 is 0 Å². The van der Waals surface area contributed by atoms with E-state index >= 15 is 0 Å². The Kier molecular flexibility index (Phi) is 4.70. The first kappa shape index (κ1) is 14.2. The Morgan fingerprint density at radius 3 is 2.35 bits per heavy atom. The van der Waals surface area contributed by atoms with E-state index in [-0.39, 0.29) is 0 Å². The molecule has 94 valence electrons. The average Bonchev–Trinajstić information content (AvgIpc) is 2.36. The topological polar surface area (TPSA) is 34.1 Å². The summed E-state index contributed by atoms with van der Waals surface area (Å²) in [6, 6.07) is 0. The lowest BCUT2D eigenvalue weighted by atomic mass is 9.71. The Labute approximate surface area is 108 Å². The minimum Gasteiger partial charge on any atom is -0.288 e. The molecule has 1 aliphatic rings. The van der Waals surface area contributed by atoms with Gasteiger partial charge in [-0.05, 0) is 37.3 Å². The van der Waals surface area contributed by atoms with E-state index in [1.807, 2.05) is 19.9 Å². The molecule has 0 aromatic rings. The third kappa shape index (κ3) is 2.86. The largest absolute Gasteiger partial charge is 0.289 e. The van der Waals surface area contributed by atoms with Gasteiger partial charge in [-0.3, -0.25) is 9.59 Å². The minimum atomic E-state index is -0.851. The molecule has 1 rings (SSSR count). The van der Waals surface area contributed by atoms with Gasteiger partial charge in [0.1, 0.15) is 0 Å². The fraction of sp³-hybridized carbons (Fsp3) is 0.571. The van der Waals surface area contributed by atoms with Crippen molar-refractivity contribution in [3.63, 3.8) is 0 Å².